The Labute approximate surface area is 94.6 Å². The molecular weight excluding hydrogens is 202 g/mol. The van der Waals surface area contributed by atoms with E-state index in [-0.39, 0.29) is 11.3 Å². The van der Waals surface area contributed by atoms with Crippen LogP contribution in [0.1, 0.15) is 29.9 Å². The van der Waals surface area contributed by atoms with Gasteiger partial charge >= 0.3 is 0 Å². The third-order valence-corrected chi connectivity index (χ3v) is 2.62. The van der Waals surface area contributed by atoms with Crippen LogP contribution in [-0.2, 0) is 0 Å². The Hall–Kier alpha value is -1.84. The molecule has 4 nitrogen and oxygen atoms in total. The Bertz CT molecular complexity index is 480. The van der Waals surface area contributed by atoms with Crippen molar-refractivity contribution < 1.29 is 4.79 Å². The van der Waals surface area contributed by atoms with Gasteiger partial charge in [-0.05, 0) is 6.08 Å². The van der Waals surface area contributed by atoms with Gasteiger partial charge in [0.15, 0.2) is 0 Å². The van der Waals surface area contributed by atoms with Crippen molar-refractivity contribution in [2.24, 2.45) is 5.41 Å². The van der Waals surface area contributed by atoms with Crippen LogP contribution >= 0.6 is 0 Å². The lowest BCUT2D eigenvalue weighted by atomic mass is 9.93. The number of allylic oxidation sites excluding steroid dienone is 2. The van der Waals surface area contributed by atoms with Gasteiger partial charge in [-0.3, -0.25) is 4.79 Å². The fraction of sp³-hybridized carbons (Fsp3) is 0.333. The molecule has 0 saturated heterocycles. The Morgan fingerprint density at radius 1 is 1.44 bits per heavy atom. The minimum atomic E-state index is -0.112. The lowest BCUT2D eigenvalue weighted by Gasteiger charge is -2.11. The number of hydrogen-bond acceptors (Lipinski definition) is 2. The van der Waals surface area contributed by atoms with Crippen LogP contribution in [0.2, 0.25) is 0 Å². The summed E-state index contributed by atoms with van der Waals surface area (Å²) in [5.41, 5.74) is 1.41. The molecule has 1 aliphatic rings. The van der Waals surface area contributed by atoms with E-state index in [0.717, 1.165) is 5.69 Å². The summed E-state index contributed by atoms with van der Waals surface area (Å²) in [7, 11) is 1.62. The van der Waals surface area contributed by atoms with E-state index in [1.54, 1.807) is 17.9 Å². The number of hydrogen-bond donors (Lipinski definition) is 1. The fourth-order valence-electron chi connectivity index (χ4n) is 1.58. The highest BCUT2D eigenvalue weighted by Gasteiger charge is 2.18. The molecule has 0 spiro atoms. The van der Waals surface area contributed by atoms with Crippen LogP contribution in [0.4, 0.5) is 0 Å². The monoisotopic (exact) mass is 217 g/mol. The molecule has 84 valence electrons. The minimum Gasteiger partial charge on any atom is -0.355 e. The van der Waals surface area contributed by atoms with E-state index < -0.39 is 0 Å². The highest BCUT2D eigenvalue weighted by molar-refractivity contribution is 5.97. The first-order valence-electron chi connectivity index (χ1n) is 5.22. The highest BCUT2D eigenvalue weighted by Crippen LogP contribution is 2.25. The first-order valence-corrected chi connectivity index (χ1v) is 5.22. The first-order chi connectivity index (χ1) is 7.53. The summed E-state index contributed by atoms with van der Waals surface area (Å²) >= 11 is 0. The number of carbonyl (C=O) groups excluding carboxylic acids is 1. The molecule has 1 aromatic rings. The summed E-state index contributed by atoms with van der Waals surface area (Å²) in [6, 6.07) is 0. The van der Waals surface area contributed by atoms with E-state index in [4.69, 9.17) is 0 Å². The van der Waals surface area contributed by atoms with E-state index in [2.05, 4.69) is 36.4 Å². The van der Waals surface area contributed by atoms with Gasteiger partial charge in [0.25, 0.3) is 5.91 Å². The summed E-state index contributed by atoms with van der Waals surface area (Å²) in [6.07, 6.45) is 9.54. The molecule has 0 fully saturated rings. The summed E-state index contributed by atoms with van der Waals surface area (Å²) < 4.78 is 1.72. The number of nitrogens with one attached hydrogen (secondary N) is 1. The number of fused-ring (bicyclic) bond motifs is 1. The Morgan fingerprint density at radius 2 is 2.19 bits per heavy atom. The molecule has 0 unspecified atom stereocenters. The van der Waals surface area contributed by atoms with Crippen molar-refractivity contribution >= 4 is 18.2 Å². The molecule has 0 aromatic carbocycles. The van der Waals surface area contributed by atoms with Gasteiger partial charge in [0.1, 0.15) is 0 Å². The average molecular weight is 217 g/mol. The molecule has 2 rings (SSSR count). The van der Waals surface area contributed by atoms with Crippen molar-refractivity contribution in [3.05, 3.63) is 29.6 Å². The lowest BCUT2D eigenvalue weighted by molar-refractivity contribution is 0.0963. The van der Waals surface area contributed by atoms with Gasteiger partial charge in [-0.1, -0.05) is 26.0 Å². The molecule has 16 heavy (non-hydrogen) atoms. The molecule has 1 aliphatic heterocycles. The van der Waals surface area contributed by atoms with E-state index in [1.807, 2.05) is 12.3 Å². The van der Waals surface area contributed by atoms with Gasteiger partial charge in [0, 0.05) is 18.7 Å². The van der Waals surface area contributed by atoms with Gasteiger partial charge in [-0.25, -0.2) is 4.68 Å². The SMILES string of the molecule is CNC(=O)c1cnn2c1C=CC(C)(C)C=C2. The van der Waals surface area contributed by atoms with Crippen molar-refractivity contribution in [3.63, 3.8) is 0 Å². The molecule has 1 amide bonds. The topological polar surface area (TPSA) is 46.9 Å². The molecular formula is C12H15N3O. The molecule has 4 heteroatoms. The Morgan fingerprint density at radius 3 is 2.88 bits per heavy atom. The largest absolute Gasteiger partial charge is 0.355 e. The van der Waals surface area contributed by atoms with Crippen LogP contribution in [0, 0.1) is 5.41 Å². The third-order valence-electron chi connectivity index (χ3n) is 2.62. The highest BCUT2D eigenvalue weighted by atomic mass is 16.1. The smallest absolute Gasteiger partial charge is 0.254 e. The van der Waals surface area contributed by atoms with E-state index >= 15 is 0 Å². The summed E-state index contributed by atoms with van der Waals surface area (Å²) in [4.78, 5) is 11.6. The molecule has 1 aromatic heterocycles. The van der Waals surface area contributed by atoms with Gasteiger partial charge in [-0.2, -0.15) is 5.10 Å². The third kappa shape index (κ3) is 1.78. The second kappa shape index (κ2) is 3.63. The van der Waals surface area contributed by atoms with Crippen LogP contribution in [-0.4, -0.2) is 22.7 Å². The number of carbonyl (C=O) groups is 1. The molecule has 1 N–H and O–H groups in total. The van der Waals surface area contributed by atoms with Gasteiger partial charge < -0.3 is 5.32 Å². The van der Waals surface area contributed by atoms with Crippen LogP contribution in [0.5, 0.6) is 0 Å². The van der Waals surface area contributed by atoms with Crippen molar-refractivity contribution in [1.82, 2.24) is 15.1 Å². The fourth-order valence-corrected chi connectivity index (χ4v) is 1.58. The Balaban J connectivity index is 2.50. The molecule has 0 bridgehead atoms. The maximum atomic E-state index is 11.6. The summed E-state index contributed by atoms with van der Waals surface area (Å²) in [6.45, 7) is 4.21. The average Bonchev–Trinajstić information content (AvgIpc) is 2.59. The van der Waals surface area contributed by atoms with E-state index in [0.29, 0.717) is 5.56 Å². The normalized spacial score (nSPS) is 16.7. The van der Waals surface area contributed by atoms with Crippen molar-refractivity contribution in [3.8, 4) is 0 Å². The van der Waals surface area contributed by atoms with E-state index in [1.165, 1.54) is 0 Å². The van der Waals surface area contributed by atoms with Gasteiger partial charge in [0.2, 0.25) is 0 Å². The maximum Gasteiger partial charge on any atom is 0.254 e. The van der Waals surface area contributed by atoms with Crippen LogP contribution < -0.4 is 5.32 Å². The second-order valence-electron chi connectivity index (χ2n) is 4.44. The van der Waals surface area contributed by atoms with Crippen LogP contribution in [0.3, 0.4) is 0 Å². The van der Waals surface area contributed by atoms with Gasteiger partial charge in [0.05, 0.1) is 17.5 Å². The summed E-state index contributed by atoms with van der Waals surface area (Å²) in [5.74, 6) is -0.112. The van der Waals surface area contributed by atoms with Gasteiger partial charge in [-0.15, -0.1) is 0 Å². The predicted molar refractivity (Wildman–Crippen MR) is 63.8 cm³/mol. The first kappa shape index (κ1) is 10.7. The Kier molecular flexibility index (Phi) is 2.42. The molecule has 0 radical (unpaired) electrons. The minimum absolute atomic E-state index is 0.0132. The van der Waals surface area contributed by atoms with Crippen LogP contribution in [0.25, 0.3) is 12.3 Å². The zero-order chi connectivity index (χ0) is 11.8. The number of nitrogens with zero attached hydrogens (tertiary/aromatic N) is 2. The zero-order valence-electron chi connectivity index (χ0n) is 9.69. The number of rotatable bonds is 1. The van der Waals surface area contributed by atoms with Crippen molar-refractivity contribution in [2.75, 3.05) is 7.05 Å². The van der Waals surface area contributed by atoms with Crippen LogP contribution in [0.15, 0.2) is 18.3 Å². The second-order valence-corrected chi connectivity index (χ2v) is 4.44. The quantitative estimate of drug-likeness (QED) is 0.779. The predicted octanol–water partition coefficient (Wildman–Crippen LogP) is 1.77. The zero-order valence-corrected chi connectivity index (χ0v) is 9.69. The van der Waals surface area contributed by atoms with Crippen molar-refractivity contribution in [2.45, 2.75) is 13.8 Å². The van der Waals surface area contributed by atoms with E-state index in [9.17, 15) is 4.79 Å². The lowest BCUT2D eigenvalue weighted by Crippen LogP contribution is -2.18. The number of amides is 1. The maximum absolute atomic E-state index is 11.6. The molecule has 0 saturated carbocycles. The summed E-state index contributed by atoms with van der Waals surface area (Å²) in [5, 5.41) is 6.78. The molecule has 2 heterocycles. The van der Waals surface area contributed by atoms with Crippen molar-refractivity contribution in [1.29, 1.82) is 0 Å². The standard InChI is InChI=1S/C12H15N3O/c1-12(2)5-4-10-9(11(16)13-3)8-14-15(10)7-6-12/h4-8H,1-3H3,(H,13,16). The molecule has 0 atom stereocenters. The molecule has 0 aliphatic carbocycles. The number of aromatic nitrogens is 2.